The summed E-state index contributed by atoms with van der Waals surface area (Å²) in [6, 6.07) is 11.5. The number of benzene rings is 2. The molecule has 0 atom stereocenters. The first-order valence-electron chi connectivity index (χ1n) is 9.93. The van der Waals surface area contributed by atoms with Crippen LogP contribution in [0.2, 0.25) is 0 Å². The van der Waals surface area contributed by atoms with Gasteiger partial charge in [0.05, 0.1) is 27.9 Å². The summed E-state index contributed by atoms with van der Waals surface area (Å²) in [5, 5.41) is 6.59. The smallest absolute Gasteiger partial charge is 0.341 e. The number of carbonyl (C=O) groups excluding carboxylic acids is 1. The van der Waals surface area contributed by atoms with Crippen molar-refractivity contribution < 1.29 is 19.0 Å². The molecule has 0 aliphatic rings. The Bertz CT molecular complexity index is 881. The van der Waals surface area contributed by atoms with Crippen LogP contribution in [0.15, 0.2) is 41.4 Å². The standard InChI is InChI=1S/C23H31N3O4/c1-6-24-23(25-12-11-18-13-16(2)7-9-20(18)28-3)26-15-17-8-10-21(29-4)19(14-17)22(27)30-5/h7-10,13-14H,6,11-12,15H2,1-5H3,(H2,24,25,26). The fourth-order valence-corrected chi connectivity index (χ4v) is 3.05. The van der Waals surface area contributed by atoms with E-state index in [1.54, 1.807) is 19.2 Å². The lowest BCUT2D eigenvalue weighted by Crippen LogP contribution is -2.38. The molecule has 0 spiro atoms. The van der Waals surface area contributed by atoms with Crippen molar-refractivity contribution in [3.63, 3.8) is 0 Å². The number of methoxy groups -OCH3 is 3. The monoisotopic (exact) mass is 413 g/mol. The maximum Gasteiger partial charge on any atom is 0.341 e. The molecular weight excluding hydrogens is 382 g/mol. The molecular formula is C23H31N3O4. The van der Waals surface area contributed by atoms with Gasteiger partial charge in [-0.05, 0) is 49.6 Å². The predicted molar refractivity (Wildman–Crippen MR) is 119 cm³/mol. The van der Waals surface area contributed by atoms with E-state index in [9.17, 15) is 4.79 Å². The molecule has 0 amide bonds. The van der Waals surface area contributed by atoms with E-state index in [0.717, 1.165) is 29.8 Å². The van der Waals surface area contributed by atoms with E-state index in [4.69, 9.17) is 14.2 Å². The third-order valence-electron chi connectivity index (χ3n) is 4.56. The van der Waals surface area contributed by atoms with Gasteiger partial charge in [-0.15, -0.1) is 0 Å². The Morgan fingerprint density at radius 1 is 1.00 bits per heavy atom. The Labute approximate surface area is 178 Å². The van der Waals surface area contributed by atoms with Crippen molar-refractivity contribution in [3.8, 4) is 11.5 Å². The number of nitrogens with zero attached hydrogens (tertiary/aromatic N) is 1. The highest BCUT2D eigenvalue weighted by Gasteiger charge is 2.13. The van der Waals surface area contributed by atoms with E-state index in [1.165, 1.54) is 19.8 Å². The van der Waals surface area contributed by atoms with Crippen LogP contribution >= 0.6 is 0 Å². The molecule has 0 saturated carbocycles. The lowest BCUT2D eigenvalue weighted by atomic mass is 10.1. The Balaban J connectivity index is 2.06. The van der Waals surface area contributed by atoms with Crippen molar-refractivity contribution in [2.45, 2.75) is 26.8 Å². The van der Waals surface area contributed by atoms with Gasteiger partial charge in [-0.1, -0.05) is 23.8 Å². The Morgan fingerprint density at radius 2 is 1.73 bits per heavy atom. The lowest BCUT2D eigenvalue weighted by molar-refractivity contribution is 0.0597. The number of esters is 1. The van der Waals surface area contributed by atoms with Gasteiger partial charge in [-0.2, -0.15) is 0 Å². The largest absolute Gasteiger partial charge is 0.496 e. The first-order chi connectivity index (χ1) is 14.5. The summed E-state index contributed by atoms with van der Waals surface area (Å²) >= 11 is 0. The molecule has 2 aromatic rings. The summed E-state index contributed by atoms with van der Waals surface area (Å²) in [4.78, 5) is 16.6. The van der Waals surface area contributed by atoms with Gasteiger partial charge >= 0.3 is 5.97 Å². The molecule has 0 unspecified atom stereocenters. The zero-order chi connectivity index (χ0) is 21.9. The number of ether oxygens (including phenoxy) is 3. The topological polar surface area (TPSA) is 81.2 Å². The molecule has 7 heteroatoms. The molecule has 162 valence electrons. The second-order valence-electron chi connectivity index (χ2n) is 6.71. The third kappa shape index (κ3) is 6.40. The average molecular weight is 414 g/mol. The van der Waals surface area contributed by atoms with Gasteiger partial charge in [0.2, 0.25) is 0 Å². The molecule has 2 aromatic carbocycles. The average Bonchev–Trinajstić information content (AvgIpc) is 2.76. The van der Waals surface area contributed by atoms with E-state index in [0.29, 0.717) is 30.4 Å². The highest BCUT2D eigenvalue weighted by molar-refractivity contribution is 5.92. The molecule has 0 saturated heterocycles. The van der Waals surface area contributed by atoms with Crippen LogP contribution in [0, 0.1) is 6.92 Å². The highest BCUT2D eigenvalue weighted by atomic mass is 16.5. The first kappa shape index (κ1) is 23.1. The molecule has 2 rings (SSSR count). The van der Waals surface area contributed by atoms with Gasteiger partial charge in [0, 0.05) is 13.1 Å². The van der Waals surface area contributed by atoms with Crippen molar-refractivity contribution >= 4 is 11.9 Å². The molecule has 0 heterocycles. The Morgan fingerprint density at radius 3 is 2.40 bits per heavy atom. The van der Waals surface area contributed by atoms with Crippen molar-refractivity contribution in [1.82, 2.24) is 10.6 Å². The van der Waals surface area contributed by atoms with Gasteiger partial charge in [-0.25, -0.2) is 9.79 Å². The van der Waals surface area contributed by atoms with Crippen molar-refractivity contribution in [2.75, 3.05) is 34.4 Å². The van der Waals surface area contributed by atoms with Crippen LogP contribution in [0.5, 0.6) is 11.5 Å². The van der Waals surface area contributed by atoms with Crippen LogP contribution in [0.25, 0.3) is 0 Å². The summed E-state index contributed by atoms with van der Waals surface area (Å²) < 4.78 is 15.5. The Kier molecular flexibility index (Phi) is 9.00. The van der Waals surface area contributed by atoms with Gasteiger partial charge in [0.15, 0.2) is 5.96 Å². The van der Waals surface area contributed by atoms with E-state index in [-0.39, 0.29) is 0 Å². The Hall–Kier alpha value is -3.22. The summed E-state index contributed by atoms with van der Waals surface area (Å²) in [6.07, 6.45) is 0.810. The normalized spacial score (nSPS) is 11.0. The minimum absolute atomic E-state index is 0.386. The van der Waals surface area contributed by atoms with Gasteiger partial charge in [0.1, 0.15) is 17.1 Å². The quantitative estimate of drug-likeness (QED) is 0.374. The first-order valence-corrected chi connectivity index (χ1v) is 9.93. The van der Waals surface area contributed by atoms with Crippen molar-refractivity contribution in [3.05, 3.63) is 58.7 Å². The number of carbonyl (C=O) groups is 1. The molecule has 0 aliphatic carbocycles. The van der Waals surface area contributed by atoms with E-state index in [1.807, 2.05) is 25.1 Å². The molecule has 0 aromatic heterocycles. The SMILES string of the molecule is CCNC(=NCc1ccc(OC)c(C(=O)OC)c1)NCCc1cc(C)ccc1OC. The van der Waals surface area contributed by atoms with Crippen molar-refractivity contribution in [2.24, 2.45) is 4.99 Å². The fraction of sp³-hybridized carbons (Fsp3) is 0.391. The lowest BCUT2D eigenvalue weighted by Gasteiger charge is -2.13. The van der Waals surface area contributed by atoms with Crippen LogP contribution in [0.1, 0.15) is 34.0 Å². The molecule has 30 heavy (non-hydrogen) atoms. The number of aliphatic imine (C=N–C) groups is 1. The minimum Gasteiger partial charge on any atom is -0.496 e. The number of nitrogens with one attached hydrogen (secondary N) is 2. The van der Waals surface area contributed by atoms with Crippen LogP contribution in [0.3, 0.4) is 0 Å². The van der Waals surface area contributed by atoms with Crippen LogP contribution in [-0.2, 0) is 17.7 Å². The zero-order valence-electron chi connectivity index (χ0n) is 18.4. The zero-order valence-corrected chi connectivity index (χ0v) is 18.4. The second-order valence-corrected chi connectivity index (χ2v) is 6.71. The minimum atomic E-state index is -0.435. The van der Waals surface area contributed by atoms with E-state index < -0.39 is 5.97 Å². The summed E-state index contributed by atoms with van der Waals surface area (Å²) in [7, 11) is 4.56. The van der Waals surface area contributed by atoms with E-state index >= 15 is 0 Å². The fourth-order valence-electron chi connectivity index (χ4n) is 3.05. The predicted octanol–water partition coefficient (Wildman–Crippen LogP) is 3.10. The second kappa shape index (κ2) is 11.7. The van der Waals surface area contributed by atoms with Crippen LogP contribution < -0.4 is 20.1 Å². The van der Waals surface area contributed by atoms with Crippen molar-refractivity contribution in [1.29, 1.82) is 0 Å². The van der Waals surface area contributed by atoms with Gasteiger partial charge in [0.25, 0.3) is 0 Å². The number of hydrogen-bond donors (Lipinski definition) is 2. The number of hydrogen-bond acceptors (Lipinski definition) is 5. The van der Waals surface area contributed by atoms with Gasteiger partial charge < -0.3 is 24.8 Å². The van der Waals surface area contributed by atoms with Crippen LogP contribution in [-0.4, -0.2) is 46.3 Å². The molecule has 0 fully saturated rings. The number of rotatable bonds is 9. The van der Waals surface area contributed by atoms with Crippen LogP contribution in [0.4, 0.5) is 0 Å². The summed E-state index contributed by atoms with van der Waals surface area (Å²) in [5.41, 5.74) is 3.62. The molecule has 0 aliphatic heterocycles. The molecule has 0 radical (unpaired) electrons. The molecule has 0 bridgehead atoms. The maximum absolute atomic E-state index is 12.0. The molecule has 2 N–H and O–H groups in total. The summed E-state index contributed by atoms with van der Waals surface area (Å²) in [5.74, 6) is 1.64. The van der Waals surface area contributed by atoms with E-state index in [2.05, 4.69) is 28.6 Å². The van der Waals surface area contributed by atoms with Gasteiger partial charge in [-0.3, -0.25) is 0 Å². The third-order valence-corrected chi connectivity index (χ3v) is 4.56. The number of guanidine groups is 1. The highest BCUT2D eigenvalue weighted by Crippen LogP contribution is 2.21. The maximum atomic E-state index is 12.0. The summed E-state index contributed by atoms with van der Waals surface area (Å²) in [6.45, 7) is 5.96. The number of aryl methyl sites for hydroxylation is 1. The molecule has 7 nitrogen and oxygen atoms in total.